The van der Waals surface area contributed by atoms with Crippen LogP contribution < -0.4 is 10.6 Å². The molecule has 1 atom stereocenters. The van der Waals surface area contributed by atoms with Gasteiger partial charge in [0.25, 0.3) is 11.6 Å². The second-order valence-corrected chi connectivity index (χ2v) is 10.8. The van der Waals surface area contributed by atoms with Crippen LogP contribution in [0.3, 0.4) is 0 Å². The summed E-state index contributed by atoms with van der Waals surface area (Å²) < 4.78 is 149. The van der Waals surface area contributed by atoms with Crippen molar-refractivity contribution in [2.45, 2.75) is 47.5 Å². The van der Waals surface area contributed by atoms with E-state index >= 15 is 0 Å². The Hall–Kier alpha value is -3.85. The van der Waals surface area contributed by atoms with E-state index in [9.17, 15) is 57.5 Å². The van der Waals surface area contributed by atoms with Gasteiger partial charge in [-0.25, -0.2) is 13.2 Å². The fourth-order valence-electron chi connectivity index (χ4n) is 4.11. The molecule has 222 valence electrons. The van der Waals surface area contributed by atoms with Gasteiger partial charge >= 0.3 is 24.5 Å². The predicted molar refractivity (Wildman–Crippen MR) is 119 cm³/mol. The molecule has 8 nitrogen and oxygen atoms in total. The molecule has 0 saturated carbocycles. The van der Waals surface area contributed by atoms with E-state index in [4.69, 9.17) is 5.26 Å². The molecule has 1 amide bonds. The number of nitriles is 1. The number of rotatable bonds is 6. The summed E-state index contributed by atoms with van der Waals surface area (Å²) in [5, 5.41) is 12.9. The van der Waals surface area contributed by atoms with E-state index in [1.165, 1.54) is 0 Å². The molecule has 1 unspecified atom stereocenters. The van der Waals surface area contributed by atoms with Gasteiger partial charge in [0, 0.05) is 24.1 Å². The predicted octanol–water partition coefficient (Wildman–Crippen LogP) is 4.37. The number of sulfone groups is 1. The Balaban J connectivity index is 2.06. The first-order valence-electron chi connectivity index (χ1n) is 10.9. The molecule has 0 fully saturated rings. The van der Waals surface area contributed by atoms with E-state index in [1.807, 2.05) is 5.32 Å². The number of anilines is 1. The fraction of sp³-hybridized carbons (Fsp3) is 0.348. The van der Waals surface area contributed by atoms with Crippen LogP contribution in [0.5, 0.6) is 0 Å². The summed E-state index contributed by atoms with van der Waals surface area (Å²) in [7, 11) is -3.81. The van der Waals surface area contributed by atoms with Crippen LogP contribution in [-0.4, -0.2) is 45.1 Å². The molecule has 1 aliphatic rings. The standard InChI is InChI=1S/C23H16F9N3O5S/c1-41(38,39)15-6-7-16-12(10-15)11-34-20(16,40-18(37)21(24,25)26)17(36)35-14-4-2-13(3-5-14)19(8-9-33,22(27,28)29)23(30,31)32/h2-7,10,34H,8,11H2,1H3,(H,35,36). The summed E-state index contributed by atoms with van der Waals surface area (Å²) in [5.41, 5.74) is -9.94. The lowest BCUT2D eigenvalue weighted by Crippen LogP contribution is -2.54. The SMILES string of the molecule is CS(=O)(=O)c1ccc2c(c1)CNC2(OC(=O)C(F)(F)F)C(=O)Nc1ccc(C(CC#N)(C(F)(F)F)C(F)(F)F)cc1. The molecule has 1 aliphatic heterocycles. The first kappa shape index (κ1) is 31.7. The molecule has 0 radical (unpaired) electrons. The van der Waals surface area contributed by atoms with E-state index in [1.54, 1.807) is 0 Å². The number of nitrogens with one attached hydrogen (secondary N) is 2. The van der Waals surface area contributed by atoms with Gasteiger partial charge in [0.05, 0.1) is 17.4 Å². The van der Waals surface area contributed by atoms with E-state index in [0.717, 1.165) is 30.5 Å². The minimum atomic E-state index is -5.97. The molecule has 0 aromatic heterocycles. The van der Waals surface area contributed by atoms with Gasteiger partial charge in [-0.1, -0.05) is 18.2 Å². The number of ether oxygens (including phenoxy) is 1. The van der Waals surface area contributed by atoms with Crippen molar-refractivity contribution in [3.05, 3.63) is 59.2 Å². The third-order valence-corrected chi connectivity index (χ3v) is 7.27. The van der Waals surface area contributed by atoms with E-state index in [2.05, 4.69) is 10.1 Å². The summed E-state index contributed by atoms with van der Waals surface area (Å²) in [5.74, 6) is -4.39. The van der Waals surface area contributed by atoms with Crippen molar-refractivity contribution in [2.75, 3.05) is 11.6 Å². The first-order chi connectivity index (χ1) is 18.6. The van der Waals surface area contributed by atoms with Crippen molar-refractivity contribution in [2.24, 2.45) is 0 Å². The molecule has 0 bridgehead atoms. The Morgan fingerprint density at radius 2 is 1.56 bits per heavy atom. The molecule has 2 aromatic carbocycles. The summed E-state index contributed by atoms with van der Waals surface area (Å²) in [6.45, 7) is -0.482. The third-order valence-electron chi connectivity index (χ3n) is 6.16. The molecule has 0 spiro atoms. The topological polar surface area (TPSA) is 125 Å². The highest BCUT2D eigenvalue weighted by Crippen LogP contribution is 2.54. The van der Waals surface area contributed by atoms with Crippen LogP contribution in [0, 0.1) is 11.3 Å². The third kappa shape index (κ3) is 5.68. The molecular weight excluding hydrogens is 601 g/mol. The number of carbonyl (C=O) groups excluding carboxylic acids is 2. The van der Waals surface area contributed by atoms with Crippen LogP contribution in [0.4, 0.5) is 45.2 Å². The number of halogens is 9. The lowest BCUT2D eigenvalue weighted by molar-refractivity contribution is -0.302. The molecule has 18 heteroatoms. The molecule has 41 heavy (non-hydrogen) atoms. The second-order valence-electron chi connectivity index (χ2n) is 8.78. The summed E-state index contributed by atoms with van der Waals surface area (Å²) in [6, 6.07) is 5.46. The largest absolute Gasteiger partial charge is 0.491 e. The first-order valence-corrected chi connectivity index (χ1v) is 12.8. The maximum Gasteiger partial charge on any atom is 0.491 e. The van der Waals surface area contributed by atoms with Crippen molar-refractivity contribution >= 4 is 27.4 Å². The lowest BCUT2D eigenvalue weighted by Gasteiger charge is -2.36. The minimum absolute atomic E-state index is 0.0648. The Morgan fingerprint density at radius 1 is 1.00 bits per heavy atom. The van der Waals surface area contributed by atoms with Crippen molar-refractivity contribution in [3.8, 4) is 6.07 Å². The number of benzene rings is 2. The molecule has 2 aromatic rings. The van der Waals surface area contributed by atoms with E-state index in [-0.39, 0.29) is 10.5 Å². The average molecular weight is 617 g/mol. The zero-order valence-corrected chi connectivity index (χ0v) is 21.1. The van der Waals surface area contributed by atoms with Crippen molar-refractivity contribution in [1.82, 2.24) is 5.32 Å². The van der Waals surface area contributed by atoms with Crippen molar-refractivity contribution in [3.63, 3.8) is 0 Å². The van der Waals surface area contributed by atoms with Crippen LogP contribution in [0.1, 0.15) is 23.1 Å². The minimum Gasteiger partial charge on any atom is -0.423 e. The van der Waals surface area contributed by atoms with Crippen LogP contribution >= 0.6 is 0 Å². The smallest absolute Gasteiger partial charge is 0.423 e. The second kappa shape index (κ2) is 10.2. The molecule has 0 aliphatic carbocycles. The molecule has 3 rings (SSSR count). The highest BCUT2D eigenvalue weighted by molar-refractivity contribution is 7.90. The van der Waals surface area contributed by atoms with Gasteiger partial charge in [-0.3, -0.25) is 10.1 Å². The zero-order valence-electron chi connectivity index (χ0n) is 20.3. The summed E-state index contributed by atoms with van der Waals surface area (Å²) >= 11 is 0. The number of esters is 1. The maximum atomic E-state index is 13.6. The number of nitrogens with zero attached hydrogens (tertiary/aromatic N) is 1. The Morgan fingerprint density at radius 3 is 2.02 bits per heavy atom. The number of hydrogen-bond donors (Lipinski definition) is 2. The van der Waals surface area contributed by atoms with Gasteiger partial charge in [0.1, 0.15) is 0 Å². The van der Waals surface area contributed by atoms with Crippen LogP contribution in [0.15, 0.2) is 47.4 Å². The molecular formula is C23H16F9N3O5S. The van der Waals surface area contributed by atoms with E-state index < -0.39 is 81.2 Å². The Kier molecular flexibility index (Phi) is 7.89. The monoisotopic (exact) mass is 617 g/mol. The maximum absolute atomic E-state index is 13.6. The zero-order chi connectivity index (χ0) is 31.2. The molecule has 1 heterocycles. The van der Waals surface area contributed by atoms with Crippen LogP contribution in [0.2, 0.25) is 0 Å². The lowest BCUT2D eigenvalue weighted by atomic mass is 9.76. The average Bonchev–Trinajstić information content (AvgIpc) is 3.19. The number of hydrogen-bond acceptors (Lipinski definition) is 7. The van der Waals surface area contributed by atoms with Crippen LogP contribution in [-0.2, 0) is 41.8 Å². The number of amides is 1. The summed E-state index contributed by atoms with van der Waals surface area (Å²) in [6.07, 6.45) is -18.7. The van der Waals surface area contributed by atoms with Gasteiger partial charge in [-0.15, -0.1) is 0 Å². The normalized spacial score (nSPS) is 17.9. The van der Waals surface area contributed by atoms with Gasteiger partial charge in [-0.2, -0.15) is 44.8 Å². The van der Waals surface area contributed by atoms with Gasteiger partial charge < -0.3 is 10.1 Å². The highest BCUT2D eigenvalue weighted by Gasteiger charge is 2.71. The molecule has 0 saturated heterocycles. The quantitative estimate of drug-likeness (QED) is 0.365. The van der Waals surface area contributed by atoms with E-state index in [0.29, 0.717) is 24.3 Å². The fourth-order valence-corrected chi connectivity index (χ4v) is 4.78. The number of carbonyl (C=O) groups is 2. The van der Waals surface area contributed by atoms with Gasteiger partial charge in [-0.05, 0) is 35.4 Å². The Bertz CT molecular complexity index is 1500. The van der Waals surface area contributed by atoms with Gasteiger partial charge in [0.15, 0.2) is 15.3 Å². The Labute approximate surface area is 225 Å². The molecule has 2 N–H and O–H groups in total. The van der Waals surface area contributed by atoms with Gasteiger partial charge in [0.2, 0.25) is 0 Å². The summed E-state index contributed by atoms with van der Waals surface area (Å²) in [4.78, 5) is 24.6. The van der Waals surface area contributed by atoms with Crippen molar-refractivity contribution < 1.29 is 62.3 Å². The van der Waals surface area contributed by atoms with Crippen molar-refractivity contribution in [1.29, 1.82) is 5.26 Å². The van der Waals surface area contributed by atoms with Crippen LogP contribution in [0.25, 0.3) is 0 Å². The number of fused-ring (bicyclic) bond motifs is 1. The number of alkyl halides is 9. The highest BCUT2D eigenvalue weighted by atomic mass is 32.2.